The number of hydrogen-bond acceptors (Lipinski definition) is 2. The van der Waals surface area contributed by atoms with Gasteiger partial charge in [-0.2, -0.15) is 0 Å². The summed E-state index contributed by atoms with van der Waals surface area (Å²) < 4.78 is 0.973. The standard InChI is InChI=1S/C9H10BrNO2/c1-6(9(12)13)11-8-4-2-7(10)3-5-8/h2-6,11H,1H3,(H,12,13)/t6-/m1/s1. The molecule has 1 rings (SSSR count). The predicted octanol–water partition coefficient (Wildman–Crippen LogP) is 2.33. The van der Waals surface area contributed by atoms with Crippen LogP contribution in [0.4, 0.5) is 5.69 Å². The van der Waals surface area contributed by atoms with Gasteiger partial charge in [-0.05, 0) is 31.2 Å². The number of nitrogens with one attached hydrogen (secondary N) is 1. The van der Waals surface area contributed by atoms with Crippen molar-refractivity contribution in [3.63, 3.8) is 0 Å². The molecule has 0 saturated heterocycles. The van der Waals surface area contributed by atoms with Gasteiger partial charge in [0.05, 0.1) is 0 Å². The maximum atomic E-state index is 10.5. The Balaban J connectivity index is 2.64. The van der Waals surface area contributed by atoms with Crippen LogP contribution in [0.5, 0.6) is 0 Å². The lowest BCUT2D eigenvalue weighted by atomic mass is 10.3. The number of aliphatic carboxylic acids is 1. The Kier molecular flexibility index (Phi) is 3.31. The molecule has 0 fully saturated rings. The lowest BCUT2D eigenvalue weighted by Gasteiger charge is -2.10. The number of hydrogen-bond donors (Lipinski definition) is 2. The third-order valence-corrected chi connectivity index (χ3v) is 2.13. The summed E-state index contributed by atoms with van der Waals surface area (Å²) in [6.45, 7) is 1.60. The van der Waals surface area contributed by atoms with E-state index >= 15 is 0 Å². The van der Waals surface area contributed by atoms with Crippen LogP contribution in [0.3, 0.4) is 0 Å². The molecule has 0 aliphatic heterocycles. The molecule has 13 heavy (non-hydrogen) atoms. The minimum atomic E-state index is -0.858. The van der Waals surface area contributed by atoms with Crippen molar-refractivity contribution in [3.8, 4) is 0 Å². The Hall–Kier alpha value is -1.03. The van der Waals surface area contributed by atoms with Crippen molar-refractivity contribution in [1.82, 2.24) is 0 Å². The fraction of sp³-hybridized carbons (Fsp3) is 0.222. The smallest absolute Gasteiger partial charge is 0.325 e. The molecule has 1 aromatic carbocycles. The maximum absolute atomic E-state index is 10.5. The van der Waals surface area contributed by atoms with Crippen LogP contribution < -0.4 is 5.32 Å². The maximum Gasteiger partial charge on any atom is 0.325 e. The number of benzene rings is 1. The largest absolute Gasteiger partial charge is 0.480 e. The second-order valence-electron chi connectivity index (χ2n) is 2.71. The Bertz CT molecular complexity index is 297. The van der Waals surface area contributed by atoms with E-state index in [0.717, 1.165) is 10.2 Å². The van der Waals surface area contributed by atoms with Crippen molar-refractivity contribution in [2.75, 3.05) is 5.32 Å². The molecule has 0 heterocycles. The van der Waals surface area contributed by atoms with Crippen molar-refractivity contribution in [2.24, 2.45) is 0 Å². The van der Waals surface area contributed by atoms with Crippen LogP contribution >= 0.6 is 15.9 Å². The summed E-state index contributed by atoms with van der Waals surface area (Å²) in [5.74, 6) is -0.858. The van der Waals surface area contributed by atoms with Crippen LogP contribution in [0.2, 0.25) is 0 Å². The van der Waals surface area contributed by atoms with Gasteiger partial charge in [-0.25, -0.2) is 0 Å². The molecule has 0 aromatic heterocycles. The molecule has 0 aliphatic carbocycles. The summed E-state index contributed by atoms with van der Waals surface area (Å²) in [5.41, 5.74) is 0.804. The topological polar surface area (TPSA) is 49.3 Å². The number of carboxylic acids is 1. The zero-order valence-corrected chi connectivity index (χ0v) is 8.71. The van der Waals surface area contributed by atoms with Gasteiger partial charge < -0.3 is 10.4 Å². The highest BCUT2D eigenvalue weighted by atomic mass is 79.9. The van der Waals surface area contributed by atoms with E-state index in [-0.39, 0.29) is 0 Å². The zero-order chi connectivity index (χ0) is 9.84. The Morgan fingerprint density at radius 2 is 2.00 bits per heavy atom. The minimum Gasteiger partial charge on any atom is -0.480 e. The fourth-order valence-corrected chi connectivity index (χ4v) is 1.12. The van der Waals surface area contributed by atoms with E-state index in [2.05, 4.69) is 21.2 Å². The van der Waals surface area contributed by atoms with E-state index in [4.69, 9.17) is 5.11 Å². The summed E-state index contributed by atoms with van der Waals surface area (Å²) in [4.78, 5) is 10.5. The number of carboxylic acid groups (broad SMARTS) is 1. The second kappa shape index (κ2) is 4.28. The Morgan fingerprint density at radius 3 is 2.46 bits per heavy atom. The first-order chi connectivity index (χ1) is 6.09. The number of anilines is 1. The fourth-order valence-electron chi connectivity index (χ4n) is 0.858. The summed E-state index contributed by atoms with van der Waals surface area (Å²) in [6.07, 6.45) is 0. The predicted molar refractivity (Wildman–Crippen MR) is 54.9 cm³/mol. The normalized spacial score (nSPS) is 12.2. The Morgan fingerprint density at radius 1 is 1.46 bits per heavy atom. The lowest BCUT2D eigenvalue weighted by molar-refractivity contribution is -0.137. The molecule has 3 nitrogen and oxygen atoms in total. The van der Waals surface area contributed by atoms with E-state index in [0.29, 0.717) is 0 Å². The van der Waals surface area contributed by atoms with Gasteiger partial charge in [0.25, 0.3) is 0 Å². The third kappa shape index (κ3) is 3.06. The van der Waals surface area contributed by atoms with Gasteiger partial charge in [0.15, 0.2) is 0 Å². The molecule has 0 radical (unpaired) electrons. The van der Waals surface area contributed by atoms with Gasteiger partial charge in [0.2, 0.25) is 0 Å². The first-order valence-electron chi connectivity index (χ1n) is 3.84. The second-order valence-corrected chi connectivity index (χ2v) is 3.63. The van der Waals surface area contributed by atoms with Gasteiger partial charge >= 0.3 is 5.97 Å². The van der Waals surface area contributed by atoms with Crippen molar-refractivity contribution in [2.45, 2.75) is 13.0 Å². The molecule has 0 amide bonds. The molecule has 1 aromatic rings. The van der Waals surface area contributed by atoms with Gasteiger partial charge in [0.1, 0.15) is 6.04 Å². The van der Waals surface area contributed by atoms with Gasteiger partial charge in [-0.3, -0.25) is 4.79 Å². The van der Waals surface area contributed by atoms with Crippen LogP contribution in [0.25, 0.3) is 0 Å². The van der Waals surface area contributed by atoms with E-state index in [1.54, 1.807) is 6.92 Å². The molecule has 0 saturated carbocycles. The van der Waals surface area contributed by atoms with Crippen molar-refractivity contribution in [3.05, 3.63) is 28.7 Å². The SMILES string of the molecule is C[C@@H](Nc1ccc(Br)cc1)C(=O)O. The molecule has 0 bridgehead atoms. The highest BCUT2D eigenvalue weighted by molar-refractivity contribution is 9.10. The molecule has 0 aliphatic rings. The number of halogens is 1. The van der Waals surface area contributed by atoms with E-state index in [1.807, 2.05) is 24.3 Å². The molecule has 0 unspecified atom stereocenters. The van der Waals surface area contributed by atoms with E-state index in [1.165, 1.54) is 0 Å². The first kappa shape index (κ1) is 10.1. The molecular formula is C9H10BrNO2. The highest BCUT2D eigenvalue weighted by Crippen LogP contribution is 2.14. The van der Waals surface area contributed by atoms with Crippen LogP contribution in [0, 0.1) is 0 Å². The number of carbonyl (C=O) groups is 1. The van der Waals surface area contributed by atoms with Crippen LogP contribution in [0.15, 0.2) is 28.7 Å². The van der Waals surface area contributed by atoms with Gasteiger partial charge in [-0.1, -0.05) is 15.9 Å². The molecule has 0 spiro atoms. The Labute approximate surface area is 84.9 Å². The molecule has 4 heteroatoms. The monoisotopic (exact) mass is 243 g/mol. The van der Waals surface area contributed by atoms with E-state index < -0.39 is 12.0 Å². The van der Waals surface area contributed by atoms with Crippen molar-refractivity contribution >= 4 is 27.6 Å². The van der Waals surface area contributed by atoms with Crippen molar-refractivity contribution in [1.29, 1.82) is 0 Å². The zero-order valence-electron chi connectivity index (χ0n) is 7.12. The molecule has 70 valence electrons. The first-order valence-corrected chi connectivity index (χ1v) is 4.64. The van der Waals surface area contributed by atoms with Crippen molar-refractivity contribution < 1.29 is 9.90 Å². The quantitative estimate of drug-likeness (QED) is 0.857. The van der Waals surface area contributed by atoms with Crippen LogP contribution in [0.1, 0.15) is 6.92 Å². The molecule has 2 N–H and O–H groups in total. The van der Waals surface area contributed by atoms with E-state index in [9.17, 15) is 4.79 Å². The summed E-state index contributed by atoms with van der Waals surface area (Å²) in [7, 11) is 0. The van der Waals surface area contributed by atoms with Crippen LogP contribution in [-0.2, 0) is 4.79 Å². The molecular weight excluding hydrogens is 234 g/mol. The summed E-state index contributed by atoms with van der Waals surface area (Å²) in [6, 6.07) is 6.79. The van der Waals surface area contributed by atoms with Gasteiger partial charge in [-0.15, -0.1) is 0 Å². The van der Waals surface area contributed by atoms with Crippen LogP contribution in [-0.4, -0.2) is 17.1 Å². The van der Waals surface area contributed by atoms with Gasteiger partial charge in [0, 0.05) is 10.2 Å². The number of rotatable bonds is 3. The average Bonchev–Trinajstić information content (AvgIpc) is 2.08. The average molecular weight is 244 g/mol. The highest BCUT2D eigenvalue weighted by Gasteiger charge is 2.09. The molecule has 1 atom stereocenters. The third-order valence-electron chi connectivity index (χ3n) is 1.60. The lowest BCUT2D eigenvalue weighted by Crippen LogP contribution is -2.25. The minimum absolute atomic E-state index is 0.568. The summed E-state index contributed by atoms with van der Waals surface area (Å²) >= 11 is 3.30. The summed E-state index contributed by atoms with van der Waals surface area (Å²) in [5, 5.41) is 11.5.